The van der Waals surface area contributed by atoms with E-state index < -0.39 is 11.6 Å². The lowest BCUT2D eigenvalue weighted by atomic mass is 9.98. The van der Waals surface area contributed by atoms with Crippen LogP contribution in [-0.2, 0) is 11.3 Å². The monoisotopic (exact) mass is 345 g/mol. The standard InChI is InChI=1S/C20H21F2NO2/c21-18-9-8-17(11-19(18)22)20(24)23-10-4-7-16(12-23)14-25-13-15-5-2-1-3-6-15/h1-3,5-6,8-9,11,16H,4,7,10,12-14H2/t16-/m0/s1. The van der Waals surface area contributed by atoms with Crippen LogP contribution in [0.4, 0.5) is 8.78 Å². The quantitative estimate of drug-likeness (QED) is 0.819. The molecule has 3 rings (SSSR count). The van der Waals surface area contributed by atoms with Gasteiger partial charge < -0.3 is 9.64 Å². The van der Waals surface area contributed by atoms with Crippen molar-refractivity contribution in [2.75, 3.05) is 19.7 Å². The number of piperidine rings is 1. The first-order chi connectivity index (χ1) is 12.1. The van der Waals surface area contributed by atoms with Gasteiger partial charge in [-0.1, -0.05) is 30.3 Å². The van der Waals surface area contributed by atoms with Gasteiger partial charge in [-0.25, -0.2) is 8.78 Å². The molecular formula is C20H21F2NO2. The minimum Gasteiger partial charge on any atom is -0.376 e. The van der Waals surface area contributed by atoms with Crippen molar-refractivity contribution in [2.24, 2.45) is 5.92 Å². The van der Waals surface area contributed by atoms with Crippen LogP contribution >= 0.6 is 0 Å². The van der Waals surface area contributed by atoms with Gasteiger partial charge in [0.2, 0.25) is 0 Å². The summed E-state index contributed by atoms with van der Waals surface area (Å²) in [5.41, 5.74) is 1.30. The number of hydrogen-bond donors (Lipinski definition) is 0. The van der Waals surface area contributed by atoms with E-state index in [1.807, 2.05) is 30.3 Å². The van der Waals surface area contributed by atoms with Gasteiger partial charge in [0, 0.05) is 18.7 Å². The molecule has 1 saturated heterocycles. The van der Waals surface area contributed by atoms with Crippen molar-refractivity contribution >= 4 is 5.91 Å². The average molecular weight is 345 g/mol. The first-order valence-electron chi connectivity index (χ1n) is 8.49. The molecule has 1 atom stereocenters. The van der Waals surface area contributed by atoms with Crippen LogP contribution in [-0.4, -0.2) is 30.5 Å². The maximum absolute atomic E-state index is 13.3. The van der Waals surface area contributed by atoms with E-state index in [0.717, 1.165) is 30.5 Å². The summed E-state index contributed by atoms with van der Waals surface area (Å²) >= 11 is 0. The second kappa shape index (κ2) is 8.21. The van der Waals surface area contributed by atoms with E-state index in [-0.39, 0.29) is 17.4 Å². The summed E-state index contributed by atoms with van der Waals surface area (Å²) in [6.07, 6.45) is 1.88. The summed E-state index contributed by atoms with van der Waals surface area (Å²) in [7, 11) is 0. The summed E-state index contributed by atoms with van der Waals surface area (Å²) in [6.45, 7) is 2.34. The van der Waals surface area contributed by atoms with E-state index in [0.29, 0.717) is 26.3 Å². The second-order valence-electron chi connectivity index (χ2n) is 6.39. The maximum Gasteiger partial charge on any atom is 0.253 e. The predicted molar refractivity (Wildman–Crippen MR) is 91.1 cm³/mol. The molecule has 1 amide bonds. The van der Waals surface area contributed by atoms with E-state index in [4.69, 9.17) is 4.74 Å². The van der Waals surface area contributed by atoms with Crippen LogP contribution in [0.5, 0.6) is 0 Å². The normalized spacial score (nSPS) is 17.5. The minimum atomic E-state index is -0.995. The molecule has 0 N–H and O–H groups in total. The van der Waals surface area contributed by atoms with Gasteiger partial charge in [0.1, 0.15) is 0 Å². The Labute approximate surface area is 146 Å². The molecule has 0 aliphatic carbocycles. The van der Waals surface area contributed by atoms with Gasteiger partial charge in [0.15, 0.2) is 11.6 Å². The van der Waals surface area contributed by atoms with Crippen LogP contribution in [0, 0.1) is 17.6 Å². The van der Waals surface area contributed by atoms with Crippen LogP contribution in [0.3, 0.4) is 0 Å². The average Bonchev–Trinajstić information content (AvgIpc) is 2.64. The van der Waals surface area contributed by atoms with Crippen LogP contribution in [0.2, 0.25) is 0 Å². The number of likely N-dealkylation sites (tertiary alicyclic amines) is 1. The Morgan fingerprint density at radius 1 is 1.12 bits per heavy atom. The molecule has 1 heterocycles. The Balaban J connectivity index is 1.53. The lowest BCUT2D eigenvalue weighted by Gasteiger charge is -2.32. The van der Waals surface area contributed by atoms with Gasteiger partial charge >= 0.3 is 0 Å². The lowest BCUT2D eigenvalue weighted by Crippen LogP contribution is -2.41. The van der Waals surface area contributed by atoms with Crippen LogP contribution in [0.25, 0.3) is 0 Å². The number of hydrogen-bond acceptors (Lipinski definition) is 2. The molecule has 2 aromatic carbocycles. The third-order valence-corrected chi connectivity index (χ3v) is 4.44. The van der Waals surface area contributed by atoms with Crippen molar-refractivity contribution in [1.82, 2.24) is 4.90 Å². The van der Waals surface area contributed by atoms with Crippen LogP contribution in [0.1, 0.15) is 28.8 Å². The minimum absolute atomic E-state index is 0.185. The Hall–Kier alpha value is -2.27. The predicted octanol–water partition coefficient (Wildman–Crippen LogP) is 4.03. The van der Waals surface area contributed by atoms with Gasteiger partial charge in [-0.15, -0.1) is 0 Å². The summed E-state index contributed by atoms with van der Waals surface area (Å²) < 4.78 is 32.2. The molecule has 1 aliphatic heterocycles. The van der Waals surface area contributed by atoms with Crippen molar-refractivity contribution in [1.29, 1.82) is 0 Å². The molecule has 3 nitrogen and oxygen atoms in total. The largest absolute Gasteiger partial charge is 0.376 e. The molecule has 0 unspecified atom stereocenters. The summed E-state index contributed by atoms with van der Waals surface area (Å²) in [4.78, 5) is 14.2. The first-order valence-corrected chi connectivity index (χ1v) is 8.49. The summed E-state index contributed by atoms with van der Waals surface area (Å²) in [5.74, 6) is -1.94. The molecule has 5 heteroatoms. The third kappa shape index (κ3) is 4.63. The molecule has 1 fully saturated rings. The third-order valence-electron chi connectivity index (χ3n) is 4.44. The zero-order valence-corrected chi connectivity index (χ0v) is 14.0. The molecule has 25 heavy (non-hydrogen) atoms. The highest BCUT2D eigenvalue weighted by molar-refractivity contribution is 5.94. The van der Waals surface area contributed by atoms with E-state index in [1.54, 1.807) is 4.90 Å². The van der Waals surface area contributed by atoms with Gasteiger partial charge in [-0.05, 0) is 42.5 Å². The van der Waals surface area contributed by atoms with Crippen LogP contribution < -0.4 is 0 Å². The number of carbonyl (C=O) groups excluding carboxylic acids is 1. The van der Waals surface area contributed by atoms with Crippen molar-refractivity contribution < 1.29 is 18.3 Å². The number of carbonyl (C=O) groups is 1. The Kier molecular flexibility index (Phi) is 5.76. The molecule has 1 aliphatic rings. The van der Waals surface area contributed by atoms with Gasteiger partial charge in [0.25, 0.3) is 5.91 Å². The van der Waals surface area contributed by atoms with Crippen molar-refractivity contribution in [2.45, 2.75) is 19.4 Å². The first kappa shape index (κ1) is 17.5. The number of amides is 1. The summed E-state index contributed by atoms with van der Waals surface area (Å²) in [5, 5.41) is 0. The van der Waals surface area contributed by atoms with Crippen molar-refractivity contribution in [3.05, 3.63) is 71.3 Å². The smallest absolute Gasteiger partial charge is 0.253 e. The van der Waals surface area contributed by atoms with Gasteiger partial charge in [0.05, 0.1) is 13.2 Å². The molecule has 2 aromatic rings. The second-order valence-corrected chi connectivity index (χ2v) is 6.39. The number of benzene rings is 2. The van der Waals surface area contributed by atoms with Crippen LogP contribution in [0.15, 0.2) is 48.5 Å². The molecule has 0 spiro atoms. The fourth-order valence-corrected chi connectivity index (χ4v) is 3.11. The van der Waals surface area contributed by atoms with E-state index in [2.05, 4.69) is 0 Å². The number of halogens is 2. The fourth-order valence-electron chi connectivity index (χ4n) is 3.11. The molecule has 132 valence electrons. The fraction of sp³-hybridized carbons (Fsp3) is 0.350. The molecule has 0 radical (unpaired) electrons. The zero-order chi connectivity index (χ0) is 17.6. The highest BCUT2D eigenvalue weighted by Gasteiger charge is 2.25. The molecular weight excluding hydrogens is 324 g/mol. The van der Waals surface area contributed by atoms with E-state index >= 15 is 0 Å². The highest BCUT2D eigenvalue weighted by atomic mass is 19.2. The van der Waals surface area contributed by atoms with Crippen molar-refractivity contribution in [3.8, 4) is 0 Å². The topological polar surface area (TPSA) is 29.5 Å². The van der Waals surface area contributed by atoms with E-state index in [9.17, 15) is 13.6 Å². The Morgan fingerprint density at radius 2 is 1.92 bits per heavy atom. The molecule has 0 bridgehead atoms. The SMILES string of the molecule is O=C(c1ccc(F)c(F)c1)N1CCC[C@H](COCc2ccccc2)C1. The lowest BCUT2D eigenvalue weighted by molar-refractivity contribution is 0.0425. The van der Waals surface area contributed by atoms with Gasteiger partial charge in [-0.2, -0.15) is 0 Å². The number of ether oxygens (including phenoxy) is 1. The zero-order valence-electron chi connectivity index (χ0n) is 14.0. The Morgan fingerprint density at radius 3 is 2.68 bits per heavy atom. The molecule has 0 aromatic heterocycles. The number of rotatable bonds is 5. The number of nitrogens with zero attached hydrogens (tertiary/aromatic N) is 1. The van der Waals surface area contributed by atoms with E-state index in [1.165, 1.54) is 6.07 Å². The maximum atomic E-state index is 13.3. The van der Waals surface area contributed by atoms with Crippen molar-refractivity contribution in [3.63, 3.8) is 0 Å². The summed E-state index contributed by atoms with van der Waals surface area (Å²) in [6, 6.07) is 13.2. The molecule has 0 saturated carbocycles. The van der Waals surface area contributed by atoms with Gasteiger partial charge in [-0.3, -0.25) is 4.79 Å². The highest BCUT2D eigenvalue weighted by Crippen LogP contribution is 2.20. The Bertz CT molecular complexity index is 721.